The van der Waals surface area contributed by atoms with Gasteiger partial charge < -0.3 is 5.32 Å². The van der Waals surface area contributed by atoms with Crippen LogP contribution < -0.4 is 5.32 Å². The predicted molar refractivity (Wildman–Crippen MR) is 49.0 cm³/mol. The summed E-state index contributed by atoms with van der Waals surface area (Å²) in [6.45, 7) is 2.91. The lowest BCUT2D eigenvalue weighted by atomic mass is 10.1. The quantitative estimate of drug-likeness (QED) is 0.717. The highest BCUT2D eigenvalue weighted by Gasteiger charge is 2.00. The highest BCUT2D eigenvalue weighted by atomic mass is 35.5. The Morgan fingerprint density at radius 3 is 2.73 bits per heavy atom. The Morgan fingerprint density at radius 2 is 2.18 bits per heavy atom. The molecule has 0 radical (unpaired) electrons. The summed E-state index contributed by atoms with van der Waals surface area (Å²) < 4.78 is 0. The lowest BCUT2D eigenvalue weighted by Gasteiger charge is -2.06. The first-order valence-electron chi connectivity index (χ1n) is 3.64. The van der Waals surface area contributed by atoms with Crippen molar-refractivity contribution in [3.05, 3.63) is 34.3 Å². The molecule has 1 aromatic carbocycles. The van der Waals surface area contributed by atoms with Crippen LogP contribution in [0, 0.1) is 6.92 Å². The highest BCUT2D eigenvalue weighted by Crippen LogP contribution is 2.18. The van der Waals surface area contributed by atoms with Gasteiger partial charge in [0, 0.05) is 11.6 Å². The standard InChI is InChI=1S/C9H12ClN/c1-7-4-3-5-9(10)8(7)6-11-2/h3-5,11H,6H2,1-2H3. The lowest BCUT2D eigenvalue weighted by Crippen LogP contribution is -2.06. The summed E-state index contributed by atoms with van der Waals surface area (Å²) in [4.78, 5) is 0. The van der Waals surface area contributed by atoms with Crippen LogP contribution in [0.4, 0.5) is 0 Å². The Bertz CT molecular complexity index is 225. The van der Waals surface area contributed by atoms with Crippen molar-refractivity contribution in [2.75, 3.05) is 7.05 Å². The summed E-state index contributed by atoms with van der Waals surface area (Å²) in [5.74, 6) is 0. The predicted octanol–water partition coefficient (Wildman–Crippen LogP) is 2.37. The van der Waals surface area contributed by atoms with E-state index in [4.69, 9.17) is 11.6 Å². The molecule has 0 saturated heterocycles. The van der Waals surface area contributed by atoms with Gasteiger partial charge in [-0.15, -0.1) is 0 Å². The van der Waals surface area contributed by atoms with Gasteiger partial charge in [-0.25, -0.2) is 0 Å². The van der Waals surface area contributed by atoms with Gasteiger partial charge in [-0.3, -0.25) is 0 Å². The minimum atomic E-state index is 0.839. The molecule has 1 nitrogen and oxygen atoms in total. The number of rotatable bonds is 2. The molecule has 0 atom stereocenters. The SMILES string of the molecule is CNCc1c(C)cccc1Cl. The largest absolute Gasteiger partial charge is 0.316 e. The Morgan fingerprint density at radius 1 is 1.45 bits per heavy atom. The summed E-state index contributed by atoms with van der Waals surface area (Å²) in [6.07, 6.45) is 0. The van der Waals surface area contributed by atoms with Gasteiger partial charge in [0.1, 0.15) is 0 Å². The van der Waals surface area contributed by atoms with E-state index < -0.39 is 0 Å². The Kier molecular flexibility index (Phi) is 2.92. The molecule has 1 rings (SSSR count). The number of halogens is 1. The van der Waals surface area contributed by atoms with E-state index in [1.807, 2.05) is 19.2 Å². The van der Waals surface area contributed by atoms with Crippen molar-refractivity contribution < 1.29 is 0 Å². The number of benzene rings is 1. The van der Waals surface area contributed by atoms with E-state index in [-0.39, 0.29) is 0 Å². The Balaban J connectivity index is 3.00. The molecule has 0 saturated carbocycles. The van der Waals surface area contributed by atoms with Crippen molar-refractivity contribution in [1.29, 1.82) is 0 Å². The van der Waals surface area contributed by atoms with Crippen molar-refractivity contribution in [1.82, 2.24) is 5.32 Å². The zero-order valence-electron chi connectivity index (χ0n) is 6.82. The molecule has 0 aromatic heterocycles. The fourth-order valence-corrected chi connectivity index (χ4v) is 1.36. The van der Waals surface area contributed by atoms with E-state index >= 15 is 0 Å². The molecular weight excluding hydrogens is 158 g/mol. The molecule has 1 N–H and O–H groups in total. The first-order valence-corrected chi connectivity index (χ1v) is 4.02. The number of hydrogen-bond donors (Lipinski definition) is 1. The molecule has 0 bridgehead atoms. The first kappa shape index (κ1) is 8.57. The topological polar surface area (TPSA) is 12.0 Å². The fourth-order valence-electron chi connectivity index (χ4n) is 1.07. The first-order chi connectivity index (χ1) is 5.25. The van der Waals surface area contributed by atoms with Crippen LogP contribution in [0.15, 0.2) is 18.2 Å². The van der Waals surface area contributed by atoms with Crippen molar-refractivity contribution in [3.63, 3.8) is 0 Å². The summed E-state index contributed by atoms with van der Waals surface area (Å²) in [7, 11) is 1.92. The second-order valence-electron chi connectivity index (χ2n) is 2.57. The number of nitrogens with one attached hydrogen (secondary N) is 1. The average Bonchev–Trinajstić information content (AvgIpc) is 1.97. The van der Waals surface area contributed by atoms with E-state index in [0.717, 1.165) is 11.6 Å². The van der Waals surface area contributed by atoms with Crippen molar-refractivity contribution >= 4 is 11.6 Å². The molecule has 0 amide bonds. The van der Waals surface area contributed by atoms with Crippen LogP contribution in [0.5, 0.6) is 0 Å². The average molecular weight is 170 g/mol. The second kappa shape index (κ2) is 3.74. The highest BCUT2D eigenvalue weighted by molar-refractivity contribution is 6.31. The van der Waals surface area contributed by atoms with Gasteiger partial charge in [0.15, 0.2) is 0 Å². The molecule has 0 fully saturated rings. The number of aryl methyl sites for hydroxylation is 1. The van der Waals surface area contributed by atoms with E-state index in [1.165, 1.54) is 11.1 Å². The smallest absolute Gasteiger partial charge is 0.0453 e. The molecule has 2 heteroatoms. The zero-order valence-corrected chi connectivity index (χ0v) is 7.57. The van der Waals surface area contributed by atoms with Crippen molar-refractivity contribution in [2.45, 2.75) is 13.5 Å². The van der Waals surface area contributed by atoms with Crippen LogP contribution in [0.1, 0.15) is 11.1 Å². The van der Waals surface area contributed by atoms with E-state index in [2.05, 4.69) is 18.3 Å². The van der Waals surface area contributed by atoms with Crippen LogP contribution in [-0.2, 0) is 6.54 Å². The minimum Gasteiger partial charge on any atom is -0.316 e. The van der Waals surface area contributed by atoms with Crippen LogP contribution in [0.25, 0.3) is 0 Å². The minimum absolute atomic E-state index is 0.839. The fraction of sp³-hybridized carbons (Fsp3) is 0.333. The Hall–Kier alpha value is -0.530. The van der Waals surface area contributed by atoms with Crippen molar-refractivity contribution in [2.24, 2.45) is 0 Å². The van der Waals surface area contributed by atoms with Gasteiger partial charge in [-0.05, 0) is 31.2 Å². The molecule has 11 heavy (non-hydrogen) atoms. The van der Waals surface area contributed by atoms with Crippen LogP contribution in [0.2, 0.25) is 5.02 Å². The number of hydrogen-bond acceptors (Lipinski definition) is 1. The van der Waals surface area contributed by atoms with Crippen molar-refractivity contribution in [3.8, 4) is 0 Å². The van der Waals surface area contributed by atoms with E-state index in [1.54, 1.807) is 0 Å². The molecule has 0 aliphatic carbocycles. The molecule has 60 valence electrons. The normalized spacial score (nSPS) is 10.1. The second-order valence-corrected chi connectivity index (χ2v) is 2.97. The van der Waals surface area contributed by atoms with Gasteiger partial charge in [-0.1, -0.05) is 23.7 Å². The third kappa shape index (κ3) is 1.95. The molecule has 1 aromatic rings. The van der Waals surface area contributed by atoms with Crippen LogP contribution in [-0.4, -0.2) is 7.05 Å². The lowest BCUT2D eigenvalue weighted by molar-refractivity contribution is 0.812. The van der Waals surface area contributed by atoms with Crippen LogP contribution in [0.3, 0.4) is 0 Å². The van der Waals surface area contributed by atoms with E-state index in [9.17, 15) is 0 Å². The van der Waals surface area contributed by atoms with E-state index in [0.29, 0.717) is 0 Å². The zero-order chi connectivity index (χ0) is 8.27. The van der Waals surface area contributed by atoms with Gasteiger partial charge in [-0.2, -0.15) is 0 Å². The maximum atomic E-state index is 5.97. The molecule has 0 aliphatic rings. The molecular formula is C9H12ClN. The van der Waals surface area contributed by atoms with Gasteiger partial charge >= 0.3 is 0 Å². The summed E-state index contributed by atoms with van der Waals surface area (Å²) in [5, 5.41) is 3.93. The van der Waals surface area contributed by atoms with Gasteiger partial charge in [0.2, 0.25) is 0 Å². The van der Waals surface area contributed by atoms with Gasteiger partial charge in [0.25, 0.3) is 0 Å². The molecule has 0 unspecified atom stereocenters. The van der Waals surface area contributed by atoms with Crippen LogP contribution >= 0.6 is 11.6 Å². The Labute approximate surface area is 72.4 Å². The molecule has 0 aliphatic heterocycles. The monoisotopic (exact) mass is 169 g/mol. The molecule has 0 heterocycles. The third-order valence-electron chi connectivity index (χ3n) is 1.71. The summed E-state index contributed by atoms with van der Waals surface area (Å²) in [6, 6.07) is 5.95. The maximum absolute atomic E-state index is 5.97. The summed E-state index contributed by atoms with van der Waals surface area (Å²) >= 11 is 5.97. The maximum Gasteiger partial charge on any atom is 0.0453 e. The van der Waals surface area contributed by atoms with Gasteiger partial charge in [0.05, 0.1) is 0 Å². The summed E-state index contributed by atoms with van der Waals surface area (Å²) in [5.41, 5.74) is 2.43. The molecule has 0 spiro atoms. The third-order valence-corrected chi connectivity index (χ3v) is 2.06.